The molecule has 2 heteroatoms. The van der Waals surface area contributed by atoms with Crippen molar-refractivity contribution in [3.63, 3.8) is 0 Å². The summed E-state index contributed by atoms with van der Waals surface area (Å²) in [5.74, 6) is 1.90. The Morgan fingerprint density at radius 3 is 2.15 bits per heavy atom. The standard InChI is InChI=1S/C11H25NS/c1-4-11(5-2)10-12(6-3)8-7-9-13/h11,13H,4-10H2,1-3H3. The predicted molar refractivity (Wildman–Crippen MR) is 64.7 cm³/mol. The maximum atomic E-state index is 4.24. The van der Waals surface area contributed by atoms with Crippen molar-refractivity contribution in [1.82, 2.24) is 4.90 Å². The minimum absolute atomic E-state index is 0.889. The Hall–Kier alpha value is 0.310. The Labute approximate surface area is 89.3 Å². The molecule has 0 bridgehead atoms. The first kappa shape index (κ1) is 13.3. The summed E-state index contributed by atoms with van der Waals surface area (Å²) < 4.78 is 0. The van der Waals surface area contributed by atoms with Crippen molar-refractivity contribution < 1.29 is 0 Å². The van der Waals surface area contributed by atoms with Crippen LogP contribution >= 0.6 is 12.6 Å². The highest BCUT2D eigenvalue weighted by atomic mass is 32.1. The Morgan fingerprint density at radius 2 is 1.77 bits per heavy atom. The summed E-state index contributed by atoms with van der Waals surface area (Å²) in [7, 11) is 0. The van der Waals surface area contributed by atoms with Crippen LogP contribution in [0.5, 0.6) is 0 Å². The molecule has 13 heavy (non-hydrogen) atoms. The van der Waals surface area contributed by atoms with Gasteiger partial charge < -0.3 is 4.90 Å². The molecule has 0 spiro atoms. The molecule has 0 fully saturated rings. The van der Waals surface area contributed by atoms with Gasteiger partial charge in [0.25, 0.3) is 0 Å². The number of rotatable bonds is 8. The van der Waals surface area contributed by atoms with Gasteiger partial charge in [-0.15, -0.1) is 0 Å². The van der Waals surface area contributed by atoms with E-state index < -0.39 is 0 Å². The molecule has 0 saturated carbocycles. The van der Waals surface area contributed by atoms with Crippen LogP contribution in [0, 0.1) is 5.92 Å². The van der Waals surface area contributed by atoms with Crippen LogP contribution in [0.15, 0.2) is 0 Å². The van der Waals surface area contributed by atoms with E-state index in [-0.39, 0.29) is 0 Å². The molecule has 0 unspecified atom stereocenters. The van der Waals surface area contributed by atoms with Crippen molar-refractivity contribution in [2.45, 2.75) is 40.0 Å². The summed E-state index contributed by atoms with van der Waals surface area (Å²) in [5, 5.41) is 0. The van der Waals surface area contributed by atoms with Gasteiger partial charge in [0.2, 0.25) is 0 Å². The smallest absolute Gasteiger partial charge is 0.000934 e. The largest absolute Gasteiger partial charge is 0.303 e. The lowest BCUT2D eigenvalue weighted by atomic mass is 10.0. The number of hydrogen-bond donors (Lipinski definition) is 1. The molecule has 0 radical (unpaired) electrons. The quantitative estimate of drug-likeness (QED) is 0.593. The second-order valence-electron chi connectivity index (χ2n) is 3.65. The van der Waals surface area contributed by atoms with Crippen molar-refractivity contribution >= 4 is 12.6 Å². The van der Waals surface area contributed by atoms with Crippen molar-refractivity contribution in [3.05, 3.63) is 0 Å². The van der Waals surface area contributed by atoms with Crippen LogP contribution in [0.2, 0.25) is 0 Å². The predicted octanol–water partition coefficient (Wildman–Crippen LogP) is 3.06. The highest BCUT2D eigenvalue weighted by Crippen LogP contribution is 2.09. The van der Waals surface area contributed by atoms with Gasteiger partial charge in [-0.25, -0.2) is 0 Å². The van der Waals surface area contributed by atoms with E-state index in [0.717, 1.165) is 11.7 Å². The Balaban J connectivity index is 3.67. The van der Waals surface area contributed by atoms with Gasteiger partial charge in [-0.3, -0.25) is 0 Å². The molecule has 0 aliphatic rings. The lowest BCUT2D eigenvalue weighted by Crippen LogP contribution is -2.30. The van der Waals surface area contributed by atoms with E-state index in [1.807, 2.05) is 0 Å². The van der Waals surface area contributed by atoms with E-state index in [2.05, 4.69) is 38.3 Å². The first-order valence-electron chi connectivity index (χ1n) is 5.61. The van der Waals surface area contributed by atoms with Gasteiger partial charge in [0.15, 0.2) is 0 Å². The zero-order valence-corrected chi connectivity index (χ0v) is 10.3. The molecular weight excluding hydrogens is 178 g/mol. The molecule has 0 aromatic heterocycles. The first-order valence-corrected chi connectivity index (χ1v) is 6.24. The fourth-order valence-electron chi connectivity index (χ4n) is 1.58. The van der Waals surface area contributed by atoms with Crippen LogP contribution in [0.25, 0.3) is 0 Å². The normalized spacial score (nSPS) is 11.5. The first-order chi connectivity index (χ1) is 6.28. The average molecular weight is 203 g/mol. The number of nitrogens with zero attached hydrogens (tertiary/aromatic N) is 1. The second kappa shape index (κ2) is 8.89. The van der Waals surface area contributed by atoms with Gasteiger partial charge in [0.05, 0.1) is 0 Å². The van der Waals surface area contributed by atoms with E-state index in [1.54, 1.807) is 0 Å². The van der Waals surface area contributed by atoms with Crippen LogP contribution in [-0.4, -0.2) is 30.3 Å². The molecule has 0 saturated heterocycles. The highest BCUT2D eigenvalue weighted by Gasteiger charge is 2.08. The summed E-state index contributed by atoms with van der Waals surface area (Å²) in [6, 6.07) is 0. The fraction of sp³-hybridized carbons (Fsp3) is 1.00. The van der Waals surface area contributed by atoms with Gasteiger partial charge in [-0.2, -0.15) is 12.6 Å². The molecule has 0 N–H and O–H groups in total. The van der Waals surface area contributed by atoms with Gasteiger partial charge in [0.1, 0.15) is 0 Å². The van der Waals surface area contributed by atoms with Gasteiger partial charge >= 0.3 is 0 Å². The summed E-state index contributed by atoms with van der Waals surface area (Å²) in [5.41, 5.74) is 0. The molecule has 0 heterocycles. The van der Waals surface area contributed by atoms with E-state index in [0.29, 0.717) is 0 Å². The topological polar surface area (TPSA) is 3.24 Å². The Morgan fingerprint density at radius 1 is 1.15 bits per heavy atom. The highest BCUT2D eigenvalue weighted by molar-refractivity contribution is 7.80. The van der Waals surface area contributed by atoms with Gasteiger partial charge in [0, 0.05) is 6.54 Å². The fourth-order valence-corrected chi connectivity index (χ4v) is 1.73. The lowest BCUT2D eigenvalue weighted by molar-refractivity contribution is 0.235. The zero-order valence-electron chi connectivity index (χ0n) is 9.42. The Bertz CT molecular complexity index is 102. The van der Waals surface area contributed by atoms with E-state index in [1.165, 1.54) is 38.9 Å². The molecule has 80 valence electrons. The maximum Gasteiger partial charge on any atom is 0.000934 e. The van der Waals surface area contributed by atoms with Gasteiger partial charge in [-0.1, -0.05) is 33.6 Å². The third kappa shape index (κ3) is 6.39. The molecular formula is C11H25NS. The molecule has 0 atom stereocenters. The number of thiol groups is 1. The van der Waals surface area contributed by atoms with E-state index >= 15 is 0 Å². The third-order valence-electron chi connectivity index (χ3n) is 2.75. The lowest BCUT2D eigenvalue weighted by Gasteiger charge is -2.24. The van der Waals surface area contributed by atoms with Crippen molar-refractivity contribution in [1.29, 1.82) is 0 Å². The van der Waals surface area contributed by atoms with Crippen LogP contribution in [-0.2, 0) is 0 Å². The molecule has 0 amide bonds. The van der Waals surface area contributed by atoms with E-state index in [4.69, 9.17) is 0 Å². The molecule has 0 aliphatic heterocycles. The zero-order chi connectivity index (χ0) is 10.1. The van der Waals surface area contributed by atoms with Crippen LogP contribution in [0.3, 0.4) is 0 Å². The minimum Gasteiger partial charge on any atom is -0.303 e. The SMILES string of the molecule is CCC(CC)CN(CC)CCCS. The van der Waals surface area contributed by atoms with Crippen molar-refractivity contribution in [3.8, 4) is 0 Å². The Kier molecular flexibility index (Phi) is 9.10. The van der Waals surface area contributed by atoms with Crippen LogP contribution in [0.4, 0.5) is 0 Å². The van der Waals surface area contributed by atoms with Gasteiger partial charge in [-0.05, 0) is 31.2 Å². The molecule has 1 nitrogen and oxygen atoms in total. The minimum atomic E-state index is 0.889. The number of hydrogen-bond acceptors (Lipinski definition) is 2. The average Bonchev–Trinajstić information content (AvgIpc) is 2.19. The summed E-state index contributed by atoms with van der Waals surface area (Å²) >= 11 is 4.24. The van der Waals surface area contributed by atoms with Crippen molar-refractivity contribution in [2.75, 3.05) is 25.4 Å². The van der Waals surface area contributed by atoms with E-state index in [9.17, 15) is 0 Å². The molecule has 0 aromatic carbocycles. The van der Waals surface area contributed by atoms with Crippen LogP contribution < -0.4 is 0 Å². The maximum absolute atomic E-state index is 4.24. The molecule has 0 rings (SSSR count). The monoisotopic (exact) mass is 203 g/mol. The summed E-state index contributed by atoms with van der Waals surface area (Å²) in [6.07, 6.45) is 3.85. The third-order valence-corrected chi connectivity index (χ3v) is 3.07. The van der Waals surface area contributed by atoms with Crippen molar-refractivity contribution in [2.24, 2.45) is 5.92 Å². The van der Waals surface area contributed by atoms with Crippen LogP contribution in [0.1, 0.15) is 40.0 Å². The molecule has 0 aromatic rings. The summed E-state index contributed by atoms with van der Waals surface area (Å²) in [6.45, 7) is 10.5. The summed E-state index contributed by atoms with van der Waals surface area (Å²) in [4.78, 5) is 2.55. The molecule has 0 aliphatic carbocycles. The second-order valence-corrected chi connectivity index (χ2v) is 4.10.